The topological polar surface area (TPSA) is 91.3 Å². The van der Waals surface area contributed by atoms with E-state index in [1.165, 1.54) is 11.3 Å². The molecule has 7 heteroatoms. The summed E-state index contributed by atoms with van der Waals surface area (Å²) < 4.78 is 0. The van der Waals surface area contributed by atoms with Crippen molar-refractivity contribution in [3.05, 3.63) is 11.1 Å². The Kier molecular flexibility index (Phi) is 4.24. The lowest BCUT2D eigenvalue weighted by Crippen LogP contribution is -2.35. The third kappa shape index (κ3) is 3.50. The molecule has 0 radical (unpaired) electrons. The Labute approximate surface area is 96.7 Å². The summed E-state index contributed by atoms with van der Waals surface area (Å²) in [5.74, 6) is -1.06. The van der Waals surface area contributed by atoms with E-state index in [0.717, 1.165) is 0 Å². The van der Waals surface area contributed by atoms with Crippen LogP contribution < -0.4 is 10.6 Å². The largest absolute Gasteiger partial charge is 0.481 e. The van der Waals surface area contributed by atoms with Crippen LogP contribution in [0.3, 0.4) is 0 Å². The van der Waals surface area contributed by atoms with Gasteiger partial charge < -0.3 is 15.7 Å². The van der Waals surface area contributed by atoms with Crippen molar-refractivity contribution in [1.29, 1.82) is 0 Å². The number of aromatic nitrogens is 1. The van der Waals surface area contributed by atoms with Gasteiger partial charge in [-0.15, -0.1) is 11.3 Å². The zero-order valence-electron chi connectivity index (χ0n) is 8.98. The van der Waals surface area contributed by atoms with E-state index in [-0.39, 0.29) is 12.3 Å². The second-order valence-corrected chi connectivity index (χ2v) is 4.05. The highest BCUT2D eigenvalue weighted by molar-refractivity contribution is 7.13. The van der Waals surface area contributed by atoms with E-state index in [0.29, 0.717) is 10.8 Å². The lowest BCUT2D eigenvalue weighted by atomic mass is 10.3. The average molecular weight is 243 g/mol. The summed E-state index contributed by atoms with van der Waals surface area (Å²) in [7, 11) is 1.55. The number of amides is 1. The lowest BCUT2D eigenvalue weighted by molar-refractivity contribution is -0.136. The van der Waals surface area contributed by atoms with Crippen molar-refractivity contribution in [3.8, 4) is 0 Å². The van der Waals surface area contributed by atoms with E-state index in [9.17, 15) is 9.59 Å². The quantitative estimate of drug-likeness (QED) is 0.692. The molecule has 1 atom stereocenters. The number of anilines is 1. The normalized spacial score (nSPS) is 11.9. The van der Waals surface area contributed by atoms with Crippen LogP contribution in [0.5, 0.6) is 0 Å². The van der Waals surface area contributed by atoms with Crippen molar-refractivity contribution < 1.29 is 14.7 Å². The maximum atomic E-state index is 11.2. The molecule has 0 aliphatic heterocycles. The van der Waals surface area contributed by atoms with Crippen LogP contribution in [0.4, 0.5) is 5.13 Å². The van der Waals surface area contributed by atoms with Gasteiger partial charge in [-0.05, 0) is 6.92 Å². The first kappa shape index (κ1) is 12.4. The predicted molar refractivity (Wildman–Crippen MR) is 60.6 cm³/mol. The van der Waals surface area contributed by atoms with Crippen LogP contribution in [0.25, 0.3) is 0 Å². The van der Waals surface area contributed by atoms with Crippen LogP contribution in [-0.2, 0) is 16.0 Å². The number of rotatable bonds is 5. The van der Waals surface area contributed by atoms with Crippen LogP contribution in [-0.4, -0.2) is 35.1 Å². The van der Waals surface area contributed by atoms with Crippen LogP contribution in [0.15, 0.2) is 5.38 Å². The average Bonchev–Trinajstić information content (AvgIpc) is 2.63. The van der Waals surface area contributed by atoms with Gasteiger partial charge in [0.15, 0.2) is 5.13 Å². The standard InChI is InChI=1S/C9H13N3O3S/c1-5(8(15)10-2)11-9-12-6(4-16-9)3-7(13)14/h4-5H,3H2,1-2H3,(H,10,15)(H,11,12)(H,13,14). The maximum Gasteiger partial charge on any atom is 0.309 e. The highest BCUT2D eigenvalue weighted by Gasteiger charge is 2.13. The molecule has 0 saturated carbocycles. The summed E-state index contributed by atoms with van der Waals surface area (Å²) in [4.78, 5) is 25.7. The maximum absolute atomic E-state index is 11.2. The molecular formula is C9H13N3O3S. The van der Waals surface area contributed by atoms with Crippen LogP contribution in [0.1, 0.15) is 12.6 Å². The van der Waals surface area contributed by atoms with Crippen LogP contribution >= 0.6 is 11.3 Å². The molecule has 88 valence electrons. The summed E-state index contributed by atoms with van der Waals surface area (Å²) in [6, 6.07) is -0.395. The molecule has 1 unspecified atom stereocenters. The zero-order chi connectivity index (χ0) is 12.1. The minimum absolute atomic E-state index is 0.105. The molecular weight excluding hydrogens is 230 g/mol. The van der Waals surface area contributed by atoms with E-state index in [4.69, 9.17) is 5.11 Å². The molecule has 0 fully saturated rings. The second kappa shape index (κ2) is 5.45. The van der Waals surface area contributed by atoms with Gasteiger partial charge in [0.1, 0.15) is 6.04 Å². The molecule has 0 saturated heterocycles. The molecule has 1 amide bonds. The van der Waals surface area contributed by atoms with Gasteiger partial charge >= 0.3 is 5.97 Å². The molecule has 1 aromatic rings. The van der Waals surface area contributed by atoms with Crippen molar-refractivity contribution in [2.75, 3.05) is 12.4 Å². The molecule has 0 aliphatic carbocycles. The minimum atomic E-state index is -0.920. The molecule has 6 nitrogen and oxygen atoms in total. The SMILES string of the molecule is CNC(=O)C(C)Nc1nc(CC(=O)O)cs1. The summed E-state index contributed by atoms with van der Waals surface area (Å²) in [6.07, 6.45) is -0.105. The molecule has 16 heavy (non-hydrogen) atoms. The fourth-order valence-electron chi connectivity index (χ4n) is 1.08. The van der Waals surface area contributed by atoms with E-state index in [2.05, 4.69) is 15.6 Å². The zero-order valence-corrected chi connectivity index (χ0v) is 9.80. The first-order chi connectivity index (χ1) is 7.52. The number of carbonyl (C=O) groups is 2. The highest BCUT2D eigenvalue weighted by atomic mass is 32.1. The Morgan fingerprint density at radius 2 is 2.31 bits per heavy atom. The highest BCUT2D eigenvalue weighted by Crippen LogP contribution is 2.16. The first-order valence-electron chi connectivity index (χ1n) is 4.67. The number of carboxylic acids is 1. The Morgan fingerprint density at radius 1 is 1.62 bits per heavy atom. The number of likely N-dealkylation sites (N-methyl/N-ethyl adjacent to an activating group) is 1. The fraction of sp³-hybridized carbons (Fsp3) is 0.444. The number of nitrogens with zero attached hydrogens (tertiary/aromatic N) is 1. The van der Waals surface area contributed by atoms with Gasteiger partial charge in [-0.25, -0.2) is 4.98 Å². The third-order valence-electron chi connectivity index (χ3n) is 1.86. The van der Waals surface area contributed by atoms with E-state index < -0.39 is 12.0 Å². The number of carboxylic acid groups (broad SMARTS) is 1. The van der Waals surface area contributed by atoms with Gasteiger partial charge in [-0.1, -0.05) is 0 Å². The number of carbonyl (C=O) groups excluding carboxylic acids is 1. The van der Waals surface area contributed by atoms with E-state index >= 15 is 0 Å². The van der Waals surface area contributed by atoms with E-state index in [1.807, 2.05) is 0 Å². The predicted octanol–water partition coefficient (Wildman–Crippen LogP) is 0.317. The summed E-state index contributed by atoms with van der Waals surface area (Å²) in [5.41, 5.74) is 0.490. The number of hydrogen-bond donors (Lipinski definition) is 3. The van der Waals surface area contributed by atoms with Crippen molar-refractivity contribution in [1.82, 2.24) is 10.3 Å². The van der Waals surface area contributed by atoms with Crippen LogP contribution in [0.2, 0.25) is 0 Å². The first-order valence-corrected chi connectivity index (χ1v) is 5.55. The van der Waals surface area contributed by atoms with Gasteiger partial charge in [-0.2, -0.15) is 0 Å². The molecule has 3 N–H and O–H groups in total. The summed E-state index contributed by atoms with van der Waals surface area (Å²) >= 11 is 1.28. The monoisotopic (exact) mass is 243 g/mol. The number of thiazole rings is 1. The van der Waals surface area contributed by atoms with Crippen LogP contribution in [0, 0.1) is 0 Å². The molecule has 1 rings (SSSR count). The van der Waals surface area contributed by atoms with Crippen molar-refractivity contribution in [2.24, 2.45) is 0 Å². The smallest absolute Gasteiger partial charge is 0.309 e. The number of nitrogens with one attached hydrogen (secondary N) is 2. The summed E-state index contributed by atoms with van der Waals surface area (Å²) in [6.45, 7) is 1.71. The lowest BCUT2D eigenvalue weighted by Gasteiger charge is -2.10. The van der Waals surface area contributed by atoms with Crippen molar-refractivity contribution in [3.63, 3.8) is 0 Å². The molecule has 1 heterocycles. The van der Waals surface area contributed by atoms with Crippen molar-refractivity contribution in [2.45, 2.75) is 19.4 Å². The Hall–Kier alpha value is -1.63. The third-order valence-corrected chi connectivity index (χ3v) is 2.69. The molecule has 1 aromatic heterocycles. The Balaban J connectivity index is 2.58. The fourth-order valence-corrected chi connectivity index (χ4v) is 1.88. The number of hydrogen-bond acceptors (Lipinski definition) is 5. The Bertz CT molecular complexity index is 391. The Morgan fingerprint density at radius 3 is 2.88 bits per heavy atom. The van der Waals surface area contributed by atoms with E-state index in [1.54, 1.807) is 19.4 Å². The minimum Gasteiger partial charge on any atom is -0.481 e. The van der Waals surface area contributed by atoms with Gasteiger partial charge in [0.25, 0.3) is 0 Å². The summed E-state index contributed by atoms with van der Waals surface area (Å²) in [5, 5.41) is 16.2. The van der Waals surface area contributed by atoms with Gasteiger partial charge in [-0.3, -0.25) is 9.59 Å². The van der Waals surface area contributed by atoms with Gasteiger partial charge in [0.2, 0.25) is 5.91 Å². The number of aliphatic carboxylic acids is 1. The van der Waals surface area contributed by atoms with Gasteiger partial charge in [0.05, 0.1) is 12.1 Å². The molecule has 0 aliphatic rings. The second-order valence-electron chi connectivity index (χ2n) is 3.19. The molecule has 0 spiro atoms. The molecule has 0 aromatic carbocycles. The van der Waals surface area contributed by atoms with Gasteiger partial charge in [0, 0.05) is 12.4 Å². The molecule has 0 bridgehead atoms. The van der Waals surface area contributed by atoms with Crippen molar-refractivity contribution >= 4 is 28.3 Å².